The fourth-order valence-electron chi connectivity index (χ4n) is 9.02. The normalized spacial score (nSPS) is 21.3. The Morgan fingerprint density at radius 1 is 0.744 bits per heavy atom. The van der Waals surface area contributed by atoms with Gasteiger partial charge in [0.1, 0.15) is 51.4 Å². The molecule has 4 rings (SSSR count). The molecule has 0 aliphatic carbocycles. The summed E-state index contributed by atoms with van der Waals surface area (Å²) in [6, 6.07) is 5.09. The van der Waals surface area contributed by atoms with Crippen molar-refractivity contribution in [1.82, 2.24) is 31.6 Å². The molecule has 3 aromatic rings. The van der Waals surface area contributed by atoms with Crippen LogP contribution in [0.1, 0.15) is 102 Å². The summed E-state index contributed by atoms with van der Waals surface area (Å²) in [6.07, 6.45) is 0.928. The number of para-hydroxylation sites is 1. The first kappa shape index (κ1) is 62.8. The first-order valence-electron chi connectivity index (χ1n) is 25.8. The lowest BCUT2D eigenvalue weighted by Crippen LogP contribution is -2.58. The van der Waals surface area contributed by atoms with Gasteiger partial charge in [-0.1, -0.05) is 36.8 Å². The second-order valence-corrected chi connectivity index (χ2v) is 21.9. The minimum Gasteiger partial charge on any atom is -0.370 e. The number of carbonyl (C=O) groups excluding carboxylic acids is 9. The predicted octanol–water partition coefficient (Wildman–Crippen LogP) is -0.363. The van der Waals surface area contributed by atoms with Crippen LogP contribution in [0.5, 0.6) is 0 Å². The summed E-state index contributed by atoms with van der Waals surface area (Å²) in [5.41, 5.74) is 29.6. The zero-order chi connectivity index (χ0) is 57.5. The van der Waals surface area contributed by atoms with Crippen LogP contribution >= 0.6 is 0 Å². The monoisotopic (exact) mass is 1110 g/mol. The highest BCUT2D eigenvalue weighted by molar-refractivity contribution is 7.90. The van der Waals surface area contributed by atoms with E-state index in [1.165, 1.54) is 19.1 Å². The van der Waals surface area contributed by atoms with Gasteiger partial charge in [-0.15, -0.1) is 0 Å². The molecule has 1 aromatic heterocycles. The number of nitrogens with two attached hydrogens (primary N) is 5. The largest absolute Gasteiger partial charge is 0.370 e. The van der Waals surface area contributed by atoms with Crippen molar-refractivity contribution in [2.75, 3.05) is 25.1 Å². The SMILES string of the molecule is CC(=O)N[C@@H](CCCN=C(N)N)C(=O)N[C@H]1CCC(=O)CCCC[C@@H](C(N)=O)NC(=O)[C@H](Cc2c[nH]c3ccccc23)CC(=O)[C@H](CCCN=C(N)N)CC(=O)[C@@H](Cc2ccc(F)cc2)NC(=O)[C@H](CCS(C)(=O)=O)NC1=O. The van der Waals surface area contributed by atoms with Crippen molar-refractivity contribution in [3.05, 3.63) is 71.7 Å². The van der Waals surface area contributed by atoms with Crippen molar-refractivity contribution in [3.8, 4) is 0 Å². The molecule has 0 spiro atoms. The van der Waals surface area contributed by atoms with Crippen LogP contribution in [0, 0.1) is 17.7 Å². The molecule has 426 valence electrons. The van der Waals surface area contributed by atoms with Gasteiger partial charge in [-0.25, -0.2) is 12.8 Å². The van der Waals surface area contributed by atoms with E-state index in [1.807, 2.05) is 24.3 Å². The third kappa shape index (κ3) is 22.1. The fourth-order valence-corrected chi connectivity index (χ4v) is 9.69. The molecule has 6 amide bonds. The molecule has 7 atom stereocenters. The Hall–Kier alpha value is -7.77. The number of nitrogens with zero attached hydrogens (tertiary/aromatic N) is 2. The van der Waals surface area contributed by atoms with Gasteiger partial charge < -0.3 is 60.2 Å². The third-order valence-corrected chi connectivity index (χ3v) is 14.2. The minimum absolute atomic E-state index is 0.00144. The third-order valence-electron chi connectivity index (χ3n) is 13.2. The second kappa shape index (κ2) is 30.8. The fraction of sp³-hybridized carbons (Fsp3) is 0.519. The Labute approximate surface area is 452 Å². The Morgan fingerprint density at radius 3 is 2.05 bits per heavy atom. The van der Waals surface area contributed by atoms with Gasteiger partial charge in [-0.05, 0) is 93.5 Å². The number of fused-ring (bicyclic) bond motifs is 1. The summed E-state index contributed by atoms with van der Waals surface area (Å²) in [5, 5.41) is 13.7. The minimum atomic E-state index is -3.82. The second-order valence-electron chi connectivity index (χ2n) is 19.7. The Kier molecular flexibility index (Phi) is 24.8. The quantitative estimate of drug-likeness (QED) is 0.0415. The number of aromatic nitrogens is 1. The number of hydrogen-bond donors (Lipinski definition) is 11. The van der Waals surface area contributed by atoms with Crippen LogP contribution in [-0.2, 0) is 65.8 Å². The number of aromatic amines is 1. The topological polar surface area (TPSA) is 419 Å². The molecule has 16 N–H and O–H groups in total. The van der Waals surface area contributed by atoms with Crippen molar-refractivity contribution in [3.63, 3.8) is 0 Å². The number of Topliss-reactive ketones (excluding diaryl/α,β-unsaturated/α-hetero) is 3. The van der Waals surface area contributed by atoms with Crippen molar-refractivity contribution >= 4 is 85.5 Å². The van der Waals surface area contributed by atoms with E-state index >= 15 is 0 Å². The summed E-state index contributed by atoms with van der Waals surface area (Å²) >= 11 is 0. The van der Waals surface area contributed by atoms with Gasteiger partial charge >= 0.3 is 0 Å². The van der Waals surface area contributed by atoms with Gasteiger partial charge in [-0.2, -0.15) is 0 Å². The summed E-state index contributed by atoms with van der Waals surface area (Å²) in [6.45, 7) is 1.31. The van der Waals surface area contributed by atoms with Gasteiger partial charge in [0, 0.05) is 80.9 Å². The zero-order valence-electron chi connectivity index (χ0n) is 44.0. The maximum Gasteiger partial charge on any atom is 0.243 e. The molecule has 0 radical (unpaired) electrons. The Morgan fingerprint density at radius 2 is 1.40 bits per heavy atom. The van der Waals surface area contributed by atoms with E-state index in [0.29, 0.717) is 11.1 Å². The number of H-pyrrole nitrogens is 1. The standard InChI is InChI=1S/C52H74FN13O11S/c1-30(67)62-40(14-8-23-60-52(57)58)48(73)64-41-20-19-36(68)10-3-5-13-39(46(54)71)63-47(72)33(26-34-29-61-38-12-6-4-11-37(34)38)28-44(69)32(9-7-22-59-51(55)56)27-45(70)43(25-31-15-17-35(53)18-16-31)66-50(75)42(65-49(41)74)21-24-78(2,76)77/h4,6,11-12,15-18,29,32-33,39-43,61H,3,5,7-10,13-14,19-28H2,1-2H3,(H2,54,71)(H,62,67)(H,63,72)(H,64,73)(H,65,74)(H,66,75)(H4,55,56,59)(H4,57,58,60)/t32-,33-,39+,40+,41+,42+,43-/m1/s1. The van der Waals surface area contributed by atoms with E-state index in [4.69, 9.17) is 28.7 Å². The van der Waals surface area contributed by atoms with Gasteiger partial charge in [0.25, 0.3) is 0 Å². The first-order valence-corrected chi connectivity index (χ1v) is 27.9. The van der Waals surface area contributed by atoms with Crippen molar-refractivity contribution in [1.29, 1.82) is 0 Å². The number of primary amides is 1. The summed E-state index contributed by atoms with van der Waals surface area (Å²) in [7, 11) is -3.82. The predicted molar refractivity (Wildman–Crippen MR) is 290 cm³/mol. The molecule has 1 fully saturated rings. The average Bonchev–Trinajstić information content (AvgIpc) is 3.79. The highest BCUT2D eigenvalue weighted by Gasteiger charge is 2.35. The number of guanidine groups is 2. The van der Waals surface area contributed by atoms with Gasteiger partial charge in [0.2, 0.25) is 35.4 Å². The number of amides is 6. The number of nitrogens with one attached hydrogen (secondary N) is 6. The lowest BCUT2D eigenvalue weighted by molar-refractivity contribution is -0.135. The first-order chi connectivity index (χ1) is 36.9. The number of rotatable bonds is 19. The molecule has 1 aliphatic heterocycles. The molecule has 0 unspecified atom stereocenters. The highest BCUT2D eigenvalue weighted by Crippen LogP contribution is 2.26. The van der Waals surface area contributed by atoms with Crippen LogP contribution < -0.4 is 55.3 Å². The van der Waals surface area contributed by atoms with E-state index in [0.717, 1.165) is 29.3 Å². The molecule has 2 heterocycles. The smallest absolute Gasteiger partial charge is 0.243 e. The molecule has 0 bridgehead atoms. The number of benzene rings is 2. The maximum absolute atomic E-state index is 14.8. The molecule has 2 aromatic carbocycles. The highest BCUT2D eigenvalue weighted by atomic mass is 32.2. The van der Waals surface area contributed by atoms with Crippen molar-refractivity contribution < 1.29 is 56.0 Å². The molecule has 78 heavy (non-hydrogen) atoms. The van der Waals surface area contributed by atoms with E-state index in [2.05, 4.69) is 41.6 Å². The van der Waals surface area contributed by atoms with E-state index < -0.39 is 130 Å². The molecule has 1 saturated heterocycles. The van der Waals surface area contributed by atoms with Crippen LogP contribution in [0.4, 0.5) is 4.39 Å². The molecule has 24 nitrogen and oxygen atoms in total. The van der Waals surface area contributed by atoms with E-state index in [-0.39, 0.29) is 108 Å². The van der Waals surface area contributed by atoms with Crippen LogP contribution in [0.25, 0.3) is 10.9 Å². The Balaban J connectivity index is 1.82. The maximum atomic E-state index is 14.8. The molecular weight excluding hydrogens is 1030 g/mol. The number of aliphatic imine (C=N–C) groups is 2. The van der Waals surface area contributed by atoms with E-state index in [1.54, 1.807) is 6.20 Å². The van der Waals surface area contributed by atoms with Gasteiger partial charge in [0.15, 0.2) is 17.7 Å². The lowest BCUT2D eigenvalue weighted by atomic mass is 9.83. The van der Waals surface area contributed by atoms with E-state index in [9.17, 15) is 56.0 Å². The summed E-state index contributed by atoms with van der Waals surface area (Å²) in [4.78, 5) is 136. The van der Waals surface area contributed by atoms with Gasteiger partial charge in [-0.3, -0.25) is 53.1 Å². The zero-order valence-corrected chi connectivity index (χ0v) is 44.8. The number of halogens is 1. The van der Waals surface area contributed by atoms with Gasteiger partial charge in [0.05, 0.1) is 11.8 Å². The number of hydrogen-bond acceptors (Lipinski definition) is 13. The van der Waals surface area contributed by atoms with Crippen LogP contribution in [0.15, 0.2) is 64.7 Å². The summed E-state index contributed by atoms with van der Waals surface area (Å²) in [5.74, 6) is -10.6. The van der Waals surface area contributed by atoms with Crippen molar-refractivity contribution in [2.45, 2.75) is 133 Å². The molecule has 0 saturated carbocycles. The van der Waals surface area contributed by atoms with Crippen LogP contribution in [0.3, 0.4) is 0 Å². The molecular formula is C52H74FN13O11S. The Bertz CT molecular complexity index is 2780. The van der Waals surface area contributed by atoms with Crippen molar-refractivity contribution in [2.24, 2.45) is 50.5 Å². The molecule has 1 aliphatic rings. The lowest BCUT2D eigenvalue weighted by Gasteiger charge is -2.27. The molecule has 26 heteroatoms. The summed E-state index contributed by atoms with van der Waals surface area (Å²) < 4.78 is 39.4. The number of carbonyl (C=O) groups is 9. The van der Waals surface area contributed by atoms with Crippen LogP contribution in [0.2, 0.25) is 0 Å². The number of sulfone groups is 1. The van der Waals surface area contributed by atoms with Crippen LogP contribution in [-0.4, -0.2) is 133 Å². The average molecular weight is 1110 g/mol. The number of ketones is 3.